The first-order chi connectivity index (χ1) is 5.70. The van der Waals surface area contributed by atoms with Crippen molar-refractivity contribution in [2.24, 2.45) is 5.92 Å². The Labute approximate surface area is 80.2 Å². The van der Waals surface area contributed by atoms with Gasteiger partial charge in [0.15, 0.2) is 0 Å². The first kappa shape index (κ1) is 12.4. The predicted molar refractivity (Wildman–Crippen MR) is 60.3 cm³/mol. The van der Waals surface area contributed by atoms with Crippen LogP contribution in [-0.2, 0) is 0 Å². The lowest BCUT2D eigenvalue weighted by molar-refractivity contribution is 0.432. The van der Waals surface area contributed by atoms with E-state index < -0.39 is 0 Å². The molecule has 0 rings (SSSR count). The molecular formula is C10H24NP. The highest BCUT2D eigenvalue weighted by Crippen LogP contribution is 2.11. The summed E-state index contributed by atoms with van der Waals surface area (Å²) in [5.74, 6) is 0.921. The van der Waals surface area contributed by atoms with Gasteiger partial charge < -0.3 is 0 Å². The predicted octanol–water partition coefficient (Wildman–Crippen LogP) is 3.31. The van der Waals surface area contributed by atoms with Crippen molar-refractivity contribution in [1.82, 2.24) is 4.67 Å². The molecule has 2 unspecified atom stereocenters. The van der Waals surface area contributed by atoms with E-state index in [-0.39, 0.29) is 0 Å². The molecule has 2 heteroatoms. The summed E-state index contributed by atoms with van der Waals surface area (Å²) < 4.78 is 2.30. The average molecular weight is 189 g/mol. The van der Waals surface area contributed by atoms with Crippen LogP contribution < -0.4 is 0 Å². The van der Waals surface area contributed by atoms with E-state index >= 15 is 0 Å². The van der Waals surface area contributed by atoms with Gasteiger partial charge in [-0.2, -0.15) is 0 Å². The summed E-state index contributed by atoms with van der Waals surface area (Å²) in [7, 11) is 2.77. The van der Waals surface area contributed by atoms with Gasteiger partial charge in [-0.1, -0.05) is 49.4 Å². The van der Waals surface area contributed by atoms with E-state index in [1.54, 1.807) is 0 Å². The Morgan fingerprint density at radius 3 is 2.42 bits per heavy atom. The molecule has 0 aliphatic heterocycles. The molecular weight excluding hydrogens is 165 g/mol. The second-order valence-corrected chi connectivity index (χ2v) is 4.37. The van der Waals surface area contributed by atoms with Crippen LogP contribution in [0.1, 0.15) is 46.5 Å². The molecule has 0 aromatic heterocycles. The first-order valence-corrected chi connectivity index (χ1v) is 5.72. The second kappa shape index (κ2) is 8.01. The molecule has 1 nitrogen and oxygen atoms in total. The summed E-state index contributed by atoms with van der Waals surface area (Å²) in [5.41, 5.74) is 0. The number of rotatable bonds is 7. The highest BCUT2D eigenvalue weighted by atomic mass is 31.0. The fourth-order valence-electron chi connectivity index (χ4n) is 1.17. The van der Waals surface area contributed by atoms with E-state index in [2.05, 4.69) is 34.8 Å². The van der Waals surface area contributed by atoms with Crippen molar-refractivity contribution in [3.05, 3.63) is 0 Å². The van der Waals surface area contributed by atoms with E-state index in [0.29, 0.717) is 0 Å². The van der Waals surface area contributed by atoms with Crippen molar-refractivity contribution in [2.45, 2.75) is 46.5 Å². The molecule has 74 valence electrons. The van der Waals surface area contributed by atoms with Gasteiger partial charge in [-0.15, -0.1) is 0 Å². The molecule has 0 aliphatic carbocycles. The standard InChI is InChI=1S/C10H24NP/c1-4-10(3)8-6-7-9-11(12)5-2/h10H,4-9,12H2,1-3H3. The lowest BCUT2D eigenvalue weighted by atomic mass is 10.0. The molecule has 0 aromatic rings. The zero-order chi connectivity index (χ0) is 9.40. The van der Waals surface area contributed by atoms with Crippen LogP contribution in [0.15, 0.2) is 0 Å². The van der Waals surface area contributed by atoms with E-state index in [1.807, 2.05) is 0 Å². The van der Waals surface area contributed by atoms with Crippen molar-refractivity contribution in [1.29, 1.82) is 0 Å². The Hall–Kier alpha value is 0.390. The summed E-state index contributed by atoms with van der Waals surface area (Å²) in [6.45, 7) is 9.20. The van der Waals surface area contributed by atoms with Crippen molar-refractivity contribution < 1.29 is 0 Å². The maximum absolute atomic E-state index is 2.77. The number of unbranched alkanes of at least 4 members (excludes halogenated alkanes) is 1. The van der Waals surface area contributed by atoms with Crippen LogP contribution in [-0.4, -0.2) is 17.8 Å². The Morgan fingerprint density at radius 1 is 1.25 bits per heavy atom. The average Bonchev–Trinajstić information content (AvgIpc) is 2.11. The van der Waals surface area contributed by atoms with Gasteiger partial charge in [-0.05, 0) is 18.9 Å². The molecule has 0 N–H and O–H groups in total. The Bertz CT molecular complexity index is 83.8. The van der Waals surface area contributed by atoms with Gasteiger partial charge in [0.1, 0.15) is 0 Å². The van der Waals surface area contributed by atoms with Gasteiger partial charge in [0.2, 0.25) is 0 Å². The van der Waals surface area contributed by atoms with Gasteiger partial charge in [0.05, 0.1) is 0 Å². The van der Waals surface area contributed by atoms with Gasteiger partial charge in [-0.3, -0.25) is 4.67 Å². The van der Waals surface area contributed by atoms with Crippen LogP contribution in [0.4, 0.5) is 0 Å². The smallest absolute Gasteiger partial charge is 0.00160 e. The molecule has 12 heavy (non-hydrogen) atoms. The maximum atomic E-state index is 2.77. The lowest BCUT2D eigenvalue weighted by Crippen LogP contribution is -2.11. The highest BCUT2D eigenvalue weighted by molar-refractivity contribution is 7.13. The Morgan fingerprint density at radius 2 is 1.92 bits per heavy atom. The largest absolute Gasteiger partial charge is 0.288 e. The summed E-state index contributed by atoms with van der Waals surface area (Å²) in [6.07, 6.45) is 5.47. The first-order valence-electron chi connectivity index (χ1n) is 5.20. The third-order valence-corrected chi connectivity index (χ3v) is 3.12. The van der Waals surface area contributed by atoms with E-state index in [1.165, 1.54) is 32.2 Å². The molecule has 0 aliphatic rings. The van der Waals surface area contributed by atoms with Gasteiger partial charge >= 0.3 is 0 Å². The minimum Gasteiger partial charge on any atom is -0.288 e. The topological polar surface area (TPSA) is 3.24 Å². The molecule has 0 amide bonds. The second-order valence-electron chi connectivity index (χ2n) is 3.64. The third-order valence-electron chi connectivity index (χ3n) is 2.50. The fourth-order valence-corrected chi connectivity index (χ4v) is 1.35. The molecule has 0 heterocycles. The molecule has 0 fully saturated rings. The molecule has 0 saturated heterocycles. The third kappa shape index (κ3) is 7.06. The number of nitrogens with zero attached hydrogens (tertiary/aromatic N) is 1. The van der Waals surface area contributed by atoms with Crippen LogP contribution in [0.2, 0.25) is 0 Å². The zero-order valence-electron chi connectivity index (χ0n) is 8.84. The van der Waals surface area contributed by atoms with Crippen LogP contribution in [0, 0.1) is 5.92 Å². The quantitative estimate of drug-likeness (QED) is 0.438. The molecule has 0 spiro atoms. The Kier molecular flexibility index (Phi) is 8.27. The molecule has 0 bridgehead atoms. The zero-order valence-corrected chi connectivity index (χ0v) is 10.00. The molecule has 0 radical (unpaired) electrons. The van der Waals surface area contributed by atoms with Crippen molar-refractivity contribution in [3.63, 3.8) is 0 Å². The van der Waals surface area contributed by atoms with E-state index in [4.69, 9.17) is 0 Å². The van der Waals surface area contributed by atoms with Crippen molar-refractivity contribution in [3.8, 4) is 0 Å². The minimum atomic E-state index is 0.921. The van der Waals surface area contributed by atoms with Gasteiger partial charge in [0, 0.05) is 6.54 Å². The summed E-state index contributed by atoms with van der Waals surface area (Å²) in [5, 5.41) is 0. The summed E-state index contributed by atoms with van der Waals surface area (Å²) in [6, 6.07) is 0. The Balaban J connectivity index is 3.10. The van der Waals surface area contributed by atoms with Crippen molar-refractivity contribution in [2.75, 3.05) is 13.1 Å². The van der Waals surface area contributed by atoms with E-state index in [0.717, 1.165) is 12.5 Å². The van der Waals surface area contributed by atoms with Gasteiger partial charge in [-0.25, -0.2) is 0 Å². The number of hydrogen-bond donors (Lipinski definition) is 0. The van der Waals surface area contributed by atoms with Gasteiger partial charge in [0.25, 0.3) is 0 Å². The molecule has 0 saturated carbocycles. The monoisotopic (exact) mass is 189 g/mol. The normalized spacial score (nSPS) is 13.8. The minimum absolute atomic E-state index is 0.921. The van der Waals surface area contributed by atoms with E-state index in [9.17, 15) is 0 Å². The number of hydrogen-bond acceptors (Lipinski definition) is 1. The fraction of sp³-hybridized carbons (Fsp3) is 1.00. The molecule has 2 atom stereocenters. The maximum Gasteiger partial charge on any atom is 0.00160 e. The SMILES string of the molecule is CCC(C)CCCCN(P)CC. The van der Waals surface area contributed by atoms with Crippen LogP contribution in [0.5, 0.6) is 0 Å². The molecule has 0 aromatic carbocycles. The lowest BCUT2D eigenvalue weighted by Gasteiger charge is -2.13. The summed E-state index contributed by atoms with van der Waals surface area (Å²) in [4.78, 5) is 0. The van der Waals surface area contributed by atoms with Crippen LogP contribution in [0.3, 0.4) is 0 Å². The highest BCUT2D eigenvalue weighted by Gasteiger charge is 1.99. The van der Waals surface area contributed by atoms with Crippen LogP contribution >= 0.6 is 9.39 Å². The van der Waals surface area contributed by atoms with Crippen molar-refractivity contribution >= 4 is 9.39 Å². The van der Waals surface area contributed by atoms with Crippen LogP contribution in [0.25, 0.3) is 0 Å². The summed E-state index contributed by atoms with van der Waals surface area (Å²) >= 11 is 0.